The Kier molecular flexibility index (Phi) is 1.75. The number of rotatable bonds is 1. The summed E-state index contributed by atoms with van der Waals surface area (Å²) < 4.78 is 0. The van der Waals surface area contributed by atoms with Crippen LogP contribution in [0.5, 0.6) is 0 Å². The lowest BCUT2D eigenvalue weighted by molar-refractivity contribution is 1.16. The predicted octanol–water partition coefficient (Wildman–Crippen LogP) is 2.62. The minimum Gasteiger partial charge on any atom is -0.354 e. The molecule has 0 aliphatic heterocycles. The Hall–Kier alpha value is -2.16. The second kappa shape index (κ2) is 3.20. The molecule has 0 radical (unpaired) electrons. The summed E-state index contributed by atoms with van der Waals surface area (Å²) >= 11 is 0. The van der Waals surface area contributed by atoms with Crippen LogP contribution < -0.4 is 0 Å². The number of hydrogen-bond donors (Lipinski definition) is 1. The van der Waals surface area contributed by atoms with Gasteiger partial charge >= 0.3 is 0 Å². The molecule has 3 rings (SSSR count). The van der Waals surface area contributed by atoms with Crippen LogP contribution in [0.1, 0.15) is 0 Å². The van der Waals surface area contributed by atoms with Gasteiger partial charge in [0.1, 0.15) is 6.33 Å². The van der Waals surface area contributed by atoms with Crippen LogP contribution in [0.15, 0.2) is 49.1 Å². The molecule has 1 N–H and O–H groups in total. The highest BCUT2D eigenvalue weighted by atomic mass is 14.8. The highest BCUT2D eigenvalue weighted by Crippen LogP contribution is 2.22. The molecule has 1 aromatic carbocycles. The van der Waals surface area contributed by atoms with E-state index >= 15 is 0 Å². The standard InChI is InChI=1S/C12H9N3/c1-2-4-11-9(3-1)5-12(15-11)10-6-13-8-14-7-10/h1-8,15H. The molecule has 0 bridgehead atoms. The number of fused-ring (bicyclic) bond motifs is 1. The number of benzene rings is 1. The van der Waals surface area contributed by atoms with Crippen molar-refractivity contribution in [2.75, 3.05) is 0 Å². The highest BCUT2D eigenvalue weighted by Gasteiger charge is 2.02. The van der Waals surface area contributed by atoms with Crippen LogP contribution in [0.25, 0.3) is 22.2 Å². The van der Waals surface area contributed by atoms with Crippen LogP contribution >= 0.6 is 0 Å². The van der Waals surface area contributed by atoms with Crippen molar-refractivity contribution >= 4 is 10.9 Å². The summed E-state index contributed by atoms with van der Waals surface area (Å²) in [5.41, 5.74) is 3.20. The molecule has 0 aliphatic rings. The first kappa shape index (κ1) is 8.17. The van der Waals surface area contributed by atoms with Crippen molar-refractivity contribution in [3.63, 3.8) is 0 Å². The van der Waals surface area contributed by atoms with Gasteiger partial charge in [-0.2, -0.15) is 0 Å². The Bertz CT molecular complexity index is 551. The summed E-state index contributed by atoms with van der Waals surface area (Å²) in [5.74, 6) is 0. The highest BCUT2D eigenvalue weighted by molar-refractivity contribution is 5.85. The van der Waals surface area contributed by atoms with E-state index in [1.807, 2.05) is 12.1 Å². The van der Waals surface area contributed by atoms with E-state index in [-0.39, 0.29) is 0 Å². The Labute approximate surface area is 86.8 Å². The molecule has 0 aliphatic carbocycles. The number of aromatic nitrogens is 3. The van der Waals surface area contributed by atoms with E-state index in [1.54, 1.807) is 12.4 Å². The van der Waals surface area contributed by atoms with Crippen molar-refractivity contribution in [3.05, 3.63) is 49.1 Å². The molecule has 3 heteroatoms. The van der Waals surface area contributed by atoms with Crippen LogP contribution in [0.3, 0.4) is 0 Å². The smallest absolute Gasteiger partial charge is 0.115 e. The number of nitrogens with one attached hydrogen (secondary N) is 1. The van der Waals surface area contributed by atoms with Gasteiger partial charge in [0, 0.05) is 34.6 Å². The van der Waals surface area contributed by atoms with Gasteiger partial charge in [-0.1, -0.05) is 18.2 Å². The molecule has 3 nitrogen and oxygen atoms in total. The van der Waals surface area contributed by atoms with Crippen molar-refractivity contribution in [1.29, 1.82) is 0 Å². The SMILES string of the molecule is c1ccc2[nH]c(-c3cncnc3)cc2c1. The summed E-state index contributed by atoms with van der Waals surface area (Å²) in [6.45, 7) is 0. The van der Waals surface area contributed by atoms with E-state index in [0.29, 0.717) is 0 Å². The molecular formula is C12H9N3. The summed E-state index contributed by atoms with van der Waals surface area (Å²) in [6.07, 6.45) is 5.14. The summed E-state index contributed by atoms with van der Waals surface area (Å²) in [7, 11) is 0. The Balaban J connectivity index is 2.21. The number of hydrogen-bond acceptors (Lipinski definition) is 2. The average Bonchev–Trinajstić information content (AvgIpc) is 2.74. The van der Waals surface area contributed by atoms with E-state index in [4.69, 9.17) is 0 Å². The van der Waals surface area contributed by atoms with E-state index in [9.17, 15) is 0 Å². The van der Waals surface area contributed by atoms with Gasteiger partial charge in [-0.05, 0) is 12.1 Å². The van der Waals surface area contributed by atoms with Gasteiger partial charge < -0.3 is 4.98 Å². The zero-order valence-corrected chi connectivity index (χ0v) is 8.01. The average molecular weight is 195 g/mol. The maximum atomic E-state index is 4.00. The minimum atomic E-state index is 1.01. The van der Waals surface area contributed by atoms with Crippen molar-refractivity contribution in [3.8, 4) is 11.3 Å². The molecule has 0 spiro atoms. The lowest BCUT2D eigenvalue weighted by Crippen LogP contribution is -1.80. The van der Waals surface area contributed by atoms with Gasteiger partial charge in [-0.15, -0.1) is 0 Å². The largest absolute Gasteiger partial charge is 0.354 e. The Morgan fingerprint density at radius 3 is 2.60 bits per heavy atom. The third kappa shape index (κ3) is 1.38. The number of nitrogens with zero attached hydrogens (tertiary/aromatic N) is 2. The van der Waals surface area contributed by atoms with Crippen LogP contribution in [0, 0.1) is 0 Å². The van der Waals surface area contributed by atoms with Crippen molar-refractivity contribution in [1.82, 2.24) is 15.0 Å². The molecule has 15 heavy (non-hydrogen) atoms. The topological polar surface area (TPSA) is 41.6 Å². The van der Waals surface area contributed by atoms with Crippen LogP contribution in [-0.2, 0) is 0 Å². The first-order valence-electron chi connectivity index (χ1n) is 4.76. The van der Waals surface area contributed by atoms with Gasteiger partial charge in [-0.25, -0.2) is 9.97 Å². The molecule has 2 aromatic heterocycles. The van der Waals surface area contributed by atoms with Gasteiger partial charge in [0.2, 0.25) is 0 Å². The Morgan fingerprint density at radius 1 is 1.00 bits per heavy atom. The quantitative estimate of drug-likeness (QED) is 0.648. The monoisotopic (exact) mass is 195 g/mol. The fraction of sp³-hybridized carbons (Fsp3) is 0. The zero-order valence-electron chi connectivity index (χ0n) is 8.01. The molecule has 72 valence electrons. The molecule has 2 heterocycles. The molecule has 0 amide bonds. The third-order valence-corrected chi connectivity index (χ3v) is 2.40. The number of H-pyrrole nitrogens is 1. The first-order chi connectivity index (χ1) is 7.43. The summed E-state index contributed by atoms with van der Waals surface area (Å²) in [4.78, 5) is 11.3. The second-order valence-corrected chi connectivity index (χ2v) is 3.40. The fourth-order valence-electron chi connectivity index (χ4n) is 1.67. The lowest BCUT2D eigenvalue weighted by Gasteiger charge is -1.93. The minimum absolute atomic E-state index is 1.01. The van der Waals surface area contributed by atoms with Crippen molar-refractivity contribution in [2.24, 2.45) is 0 Å². The normalized spacial score (nSPS) is 10.7. The molecule has 0 fully saturated rings. The molecule has 0 saturated carbocycles. The molecule has 3 aromatic rings. The van der Waals surface area contributed by atoms with Crippen LogP contribution in [-0.4, -0.2) is 15.0 Å². The van der Waals surface area contributed by atoms with Gasteiger partial charge in [0.15, 0.2) is 0 Å². The van der Waals surface area contributed by atoms with Crippen LogP contribution in [0.2, 0.25) is 0 Å². The molecule has 0 atom stereocenters. The maximum Gasteiger partial charge on any atom is 0.115 e. The molecular weight excluding hydrogens is 186 g/mol. The fourth-order valence-corrected chi connectivity index (χ4v) is 1.67. The Morgan fingerprint density at radius 2 is 1.80 bits per heavy atom. The van der Waals surface area contributed by atoms with Crippen molar-refractivity contribution < 1.29 is 0 Å². The van der Waals surface area contributed by atoms with E-state index in [0.717, 1.165) is 16.8 Å². The first-order valence-corrected chi connectivity index (χ1v) is 4.76. The van der Waals surface area contributed by atoms with E-state index in [1.165, 1.54) is 11.7 Å². The van der Waals surface area contributed by atoms with Crippen LogP contribution in [0.4, 0.5) is 0 Å². The van der Waals surface area contributed by atoms with Gasteiger partial charge in [0.25, 0.3) is 0 Å². The third-order valence-electron chi connectivity index (χ3n) is 2.40. The number of aromatic amines is 1. The zero-order chi connectivity index (χ0) is 10.1. The summed E-state index contributed by atoms with van der Waals surface area (Å²) in [6, 6.07) is 10.3. The van der Waals surface area contributed by atoms with Crippen molar-refractivity contribution in [2.45, 2.75) is 0 Å². The van der Waals surface area contributed by atoms with Gasteiger partial charge in [-0.3, -0.25) is 0 Å². The maximum absolute atomic E-state index is 4.00. The van der Waals surface area contributed by atoms with E-state index < -0.39 is 0 Å². The predicted molar refractivity (Wildman–Crippen MR) is 59.3 cm³/mol. The molecule has 0 unspecified atom stereocenters. The lowest BCUT2D eigenvalue weighted by atomic mass is 10.2. The number of para-hydroxylation sites is 1. The van der Waals surface area contributed by atoms with E-state index in [2.05, 4.69) is 33.2 Å². The second-order valence-electron chi connectivity index (χ2n) is 3.40. The molecule has 0 saturated heterocycles. The summed E-state index contributed by atoms with van der Waals surface area (Å²) in [5, 5.41) is 1.20. The van der Waals surface area contributed by atoms with Gasteiger partial charge in [0.05, 0.1) is 0 Å².